The fourth-order valence-electron chi connectivity index (χ4n) is 2.70. The summed E-state index contributed by atoms with van der Waals surface area (Å²) < 4.78 is 0. The molecule has 1 aliphatic rings. The topological polar surface area (TPSA) is 12.0 Å². The third kappa shape index (κ3) is 7.13. The molecule has 1 N–H and O–H groups in total. The summed E-state index contributed by atoms with van der Waals surface area (Å²) in [6.45, 7) is 9.55. The predicted molar refractivity (Wildman–Crippen MR) is 125 cm³/mol. The molecule has 0 bridgehead atoms. The number of rotatable bonds is 9. The minimum absolute atomic E-state index is 1.05. The third-order valence-corrected chi connectivity index (χ3v) is 4.26. The summed E-state index contributed by atoms with van der Waals surface area (Å²) in [5.41, 5.74) is 5.81. The van der Waals surface area contributed by atoms with Crippen LogP contribution in [-0.4, -0.2) is 0 Å². The van der Waals surface area contributed by atoms with Crippen molar-refractivity contribution in [2.24, 2.45) is 0 Å². The minimum Gasteiger partial charge on any atom is -0.366 e. The SMILES string of the molecule is C=C\C=C/C(=C/N/C=C(/C1=CCCC=C1)c1ccccc1)/C=C/C=C(/C)C=C. The highest BCUT2D eigenvalue weighted by Crippen LogP contribution is 2.26. The first kappa shape index (κ1) is 21.0. The van der Waals surface area contributed by atoms with Gasteiger partial charge in [0.05, 0.1) is 0 Å². The smallest absolute Gasteiger partial charge is 0.00897 e. The van der Waals surface area contributed by atoms with Gasteiger partial charge in [-0.3, -0.25) is 0 Å². The number of hydrogen-bond acceptors (Lipinski definition) is 1. The van der Waals surface area contributed by atoms with E-state index in [-0.39, 0.29) is 0 Å². The molecule has 0 saturated carbocycles. The van der Waals surface area contributed by atoms with Crippen molar-refractivity contribution in [3.63, 3.8) is 0 Å². The van der Waals surface area contributed by atoms with Crippen molar-refractivity contribution >= 4 is 5.57 Å². The van der Waals surface area contributed by atoms with Crippen LogP contribution in [0.1, 0.15) is 25.3 Å². The molecule has 0 aliphatic heterocycles. The van der Waals surface area contributed by atoms with Gasteiger partial charge in [-0.05, 0) is 36.5 Å². The van der Waals surface area contributed by atoms with Crippen LogP contribution in [0.3, 0.4) is 0 Å². The highest BCUT2D eigenvalue weighted by molar-refractivity contribution is 5.81. The van der Waals surface area contributed by atoms with Crippen molar-refractivity contribution in [1.82, 2.24) is 5.32 Å². The average molecular weight is 368 g/mol. The Hall–Kier alpha value is -3.32. The maximum absolute atomic E-state index is 3.78. The van der Waals surface area contributed by atoms with Gasteiger partial charge in [0.15, 0.2) is 0 Å². The second kappa shape index (κ2) is 12.1. The van der Waals surface area contributed by atoms with Crippen LogP contribution in [0.25, 0.3) is 5.57 Å². The van der Waals surface area contributed by atoms with Crippen molar-refractivity contribution in [3.05, 3.63) is 139 Å². The van der Waals surface area contributed by atoms with E-state index in [9.17, 15) is 0 Å². The molecule has 0 unspecified atom stereocenters. The maximum Gasteiger partial charge on any atom is 0.00897 e. The van der Waals surface area contributed by atoms with Crippen LogP contribution in [0, 0.1) is 0 Å². The van der Waals surface area contributed by atoms with E-state index in [1.165, 1.54) is 16.7 Å². The van der Waals surface area contributed by atoms with Crippen LogP contribution in [0.4, 0.5) is 0 Å². The Morgan fingerprint density at radius 3 is 2.46 bits per heavy atom. The van der Waals surface area contributed by atoms with Crippen LogP contribution in [-0.2, 0) is 0 Å². The monoisotopic (exact) mass is 367 g/mol. The number of hydrogen-bond donors (Lipinski definition) is 1. The Kier molecular flexibility index (Phi) is 9.10. The lowest BCUT2D eigenvalue weighted by Crippen LogP contribution is -2.00. The molecule has 2 rings (SSSR count). The summed E-state index contributed by atoms with van der Waals surface area (Å²) in [6.07, 6.45) is 26.6. The second-order valence-corrected chi connectivity index (χ2v) is 6.44. The Labute approximate surface area is 169 Å². The number of nitrogens with one attached hydrogen (secondary N) is 1. The molecule has 0 radical (unpaired) electrons. The van der Waals surface area contributed by atoms with Gasteiger partial charge < -0.3 is 5.32 Å². The molecule has 0 aromatic heterocycles. The van der Waals surface area contributed by atoms with Gasteiger partial charge in [-0.2, -0.15) is 0 Å². The third-order valence-electron chi connectivity index (χ3n) is 4.26. The molecule has 0 heterocycles. The van der Waals surface area contributed by atoms with E-state index in [2.05, 4.69) is 73.2 Å². The molecule has 1 nitrogen and oxygen atoms in total. The fraction of sp³-hybridized carbons (Fsp3) is 0.111. The molecule has 0 spiro atoms. The van der Waals surface area contributed by atoms with Crippen molar-refractivity contribution in [3.8, 4) is 0 Å². The second-order valence-electron chi connectivity index (χ2n) is 6.44. The van der Waals surface area contributed by atoms with Gasteiger partial charge in [-0.25, -0.2) is 0 Å². The zero-order valence-electron chi connectivity index (χ0n) is 16.6. The maximum atomic E-state index is 3.78. The fourth-order valence-corrected chi connectivity index (χ4v) is 2.70. The van der Waals surface area contributed by atoms with Gasteiger partial charge in [0, 0.05) is 18.0 Å². The van der Waals surface area contributed by atoms with Crippen molar-refractivity contribution in [2.75, 3.05) is 0 Å². The Bertz CT molecular complexity index is 868. The number of allylic oxidation sites excluding steroid dienone is 14. The molecular weight excluding hydrogens is 338 g/mol. The normalized spacial score (nSPS) is 15.8. The Balaban J connectivity index is 2.27. The first-order chi connectivity index (χ1) is 13.7. The minimum atomic E-state index is 1.05. The summed E-state index contributed by atoms with van der Waals surface area (Å²) in [7, 11) is 0. The van der Waals surface area contributed by atoms with Gasteiger partial charge in [-0.1, -0.05) is 110 Å². The van der Waals surface area contributed by atoms with Gasteiger partial charge in [0.1, 0.15) is 0 Å². The highest BCUT2D eigenvalue weighted by atomic mass is 14.8. The molecule has 0 atom stereocenters. The zero-order valence-corrected chi connectivity index (χ0v) is 16.6. The van der Waals surface area contributed by atoms with Gasteiger partial charge in [0.2, 0.25) is 0 Å². The zero-order chi connectivity index (χ0) is 20.0. The van der Waals surface area contributed by atoms with Crippen LogP contribution in [0.2, 0.25) is 0 Å². The Morgan fingerprint density at radius 1 is 1.00 bits per heavy atom. The molecule has 28 heavy (non-hydrogen) atoms. The lowest BCUT2D eigenvalue weighted by atomic mass is 9.94. The van der Waals surface area contributed by atoms with E-state index in [1.54, 1.807) is 6.08 Å². The molecule has 0 amide bonds. The molecule has 0 saturated heterocycles. The van der Waals surface area contributed by atoms with E-state index in [4.69, 9.17) is 0 Å². The molecule has 1 aliphatic carbocycles. The molecule has 1 aromatic rings. The quantitative estimate of drug-likeness (QED) is 0.455. The van der Waals surface area contributed by atoms with Gasteiger partial charge >= 0.3 is 0 Å². The van der Waals surface area contributed by atoms with Crippen LogP contribution in [0.15, 0.2) is 133 Å². The average Bonchev–Trinajstić information content (AvgIpc) is 2.75. The standard InChI is InChI=1S/C27H29N/c1-4-6-15-24(16-13-14-23(3)5-2)21-28-22-27(25-17-9-7-10-18-25)26-19-11-8-12-20-26/h4-7,9-11,13-22,28H,1-2,8,12H2,3H3/b15-6-,16-13+,23-14-,24-21-,27-22+. The molecule has 1 heteroatoms. The van der Waals surface area contributed by atoms with E-state index in [0.717, 1.165) is 24.0 Å². The summed E-state index contributed by atoms with van der Waals surface area (Å²) >= 11 is 0. The van der Waals surface area contributed by atoms with Gasteiger partial charge in [0.25, 0.3) is 0 Å². The lowest BCUT2D eigenvalue weighted by Gasteiger charge is -2.12. The van der Waals surface area contributed by atoms with Crippen molar-refractivity contribution < 1.29 is 0 Å². The Morgan fingerprint density at radius 2 is 1.79 bits per heavy atom. The van der Waals surface area contributed by atoms with Crippen molar-refractivity contribution in [1.29, 1.82) is 0 Å². The predicted octanol–water partition coefficient (Wildman–Crippen LogP) is 7.21. The molecular formula is C27H29N. The van der Waals surface area contributed by atoms with Crippen molar-refractivity contribution in [2.45, 2.75) is 19.8 Å². The lowest BCUT2D eigenvalue weighted by molar-refractivity contribution is 1.03. The van der Waals surface area contributed by atoms with Gasteiger partial charge in [-0.15, -0.1) is 0 Å². The first-order valence-electron chi connectivity index (χ1n) is 9.60. The van der Waals surface area contributed by atoms with E-state index in [0.29, 0.717) is 0 Å². The van der Waals surface area contributed by atoms with Crippen LogP contribution < -0.4 is 5.32 Å². The summed E-state index contributed by atoms with van der Waals surface area (Å²) in [5, 5.41) is 3.37. The van der Waals surface area contributed by atoms with E-state index >= 15 is 0 Å². The molecule has 1 aromatic carbocycles. The van der Waals surface area contributed by atoms with E-state index < -0.39 is 0 Å². The number of benzene rings is 1. The van der Waals surface area contributed by atoms with Crippen LogP contribution >= 0.6 is 0 Å². The largest absolute Gasteiger partial charge is 0.366 e. The van der Waals surface area contributed by atoms with Crippen LogP contribution in [0.5, 0.6) is 0 Å². The summed E-state index contributed by atoms with van der Waals surface area (Å²) in [5.74, 6) is 0. The molecule has 142 valence electrons. The van der Waals surface area contributed by atoms with E-state index in [1.807, 2.05) is 49.6 Å². The first-order valence-corrected chi connectivity index (χ1v) is 9.60. The highest BCUT2D eigenvalue weighted by Gasteiger charge is 2.07. The molecule has 0 fully saturated rings. The summed E-state index contributed by atoms with van der Waals surface area (Å²) in [4.78, 5) is 0. The summed E-state index contributed by atoms with van der Waals surface area (Å²) in [6, 6.07) is 10.5.